The zero-order valence-corrected chi connectivity index (χ0v) is 33.1. The molecule has 0 saturated heterocycles. The number of ether oxygens (including phenoxy) is 1. The second-order valence-electron chi connectivity index (χ2n) is 17.1. The van der Waals surface area contributed by atoms with Crippen LogP contribution in [0.1, 0.15) is 58.2 Å². The number of nitrogens with zero attached hydrogens (tertiary/aromatic N) is 4. The minimum Gasteiger partial charge on any atom is -0.457 e. The highest BCUT2D eigenvalue weighted by Gasteiger charge is 2.28. The van der Waals surface area contributed by atoms with E-state index in [0.29, 0.717) is 0 Å². The third-order valence-corrected chi connectivity index (χ3v) is 11.0. The average molecular weight is 733 g/mol. The normalized spacial score (nSPS) is 13.1. The van der Waals surface area contributed by atoms with Crippen LogP contribution >= 0.6 is 0 Å². The minimum atomic E-state index is -0.0896. The van der Waals surface area contributed by atoms with Gasteiger partial charge in [0.15, 0.2) is 0 Å². The molecule has 278 valence electrons. The molecule has 5 nitrogen and oxygen atoms in total. The molecule has 6 aromatic carbocycles. The Bertz CT molecular complexity index is 2700. The van der Waals surface area contributed by atoms with Crippen LogP contribution in [0.5, 0.6) is 11.5 Å². The van der Waals surface area contributed by atoms with Gasteiger partial charge in [-0.25, -0.2) is 4.98 Å². The van der Waals surface area contributed by atoms with E-state index in [-0.39, 0.29) is 10.8 Å². The van der Waals surface area contributed by atoms with E-state index in [0.717, 1.165) is 52.6 Å². The van der Waals surface area contributed by atoms with Gasteiger partial charge in [0, 0.05) is 41.3 Å². The lowest BCUT2D eigenvalue weighted by Gasteiger charge is -2.26. The summed E-state index contributed by atoms with van der Waals surface area (Å²) in [7, 11) is 0. The van der Waals surface area contributed by atoms with E-state index >= 15 is 0 Å². The first kappa shape index (κ1) is 35.4. The van der Waals surface area contributed by atoms with Crippen LogP contribution in [0.15, 0.2) is 158 Å². The zero-order valence-electron chi connectivity index (χ0n) is 33.1. The van der Waals surface area contributed by atoms with E-state index in [4.69, 9.17) is 9.72 Å². The van der Waals surface area contributed by atoms with Crippen LogP contribution < -0.4 is 14.5 Å². The van der Waals surface area contributed by atoms with Gasteiger partial charge in [-0.1, -0.05) is 120 Å². The number of pyridine rings is 1. The number of hydrogen-bond acceptors (Lipinski definition) is 4. The lowest BCUT2D eigenvalue weighted by atomic mass is 9.86. The van der Waals surface area contributed by atoms with Crippen molar-refractivity contribution in [1.82, 2.24) is 9.55 Å². The number of para-hydroxylation sites is 2. The van der Waals surface area contributed by atoms with Gasteiger partial charge in [-0.2, -0.15) is 0 Å². The highest BCUT2D eigenvalue weighted by molar-refractivity contribution is 6.10. The first-order valence-electron chi connectivity index (χ1n) is 19.6. The third-order valence-electron chi connectivity index (χ3n) is 11.0. The summed E-state index contributed by atoms with van der Waals surface area (Å²) in [4.78, 5) is 9.82. The molecule has 56 heavy (non-hydrogen) atoms. The second-order valence-corrected chi connectivity index (χ2v) is 17.1. The molecule has 0 bridgehead atoms. The Morgan fingerprint density at radius 2 is 1.27 bits per heavy atom. The minimum absolute atomic E-state index is 0.0184. The van der Waals surface area contributed by atoms with Crippen molar-refractivity contribution in [2.24, 2.45) is 0 Å². The molecule has 0 saturated carbocycles. The van der Waals surface area contributed by atoms with Crippen molar-refractivity contribution < 1.29 is 4.74 Å². The van der Waals surface area contributed by atoms with Crippen LogP contribution in [0.2, 0.25) is 0 Å². The lowest BCUT2D eigenvalue weighted by Crippen LogP contribution is -2.27. The number of anilines is 3. The molecule has 2 aromatic heterocycles. The summed E-state index contributed by atoms with van der Waals surface area (Å²) < 4.78 is 9.21. The summed E-state index contributed by atoms with van der Waals surface area (Å²) in [6, 6.07) is 54.3. The van der Waals surface area contributed by atoms with E-state index in [1.807, 2.05) is 6.20 Å². The molecule has 1 aliphatic heterocycles. The van der Waals surface area contributed by atoms with E-state index in [2.05, 4.69) is 208 Å². The Morgan fingerprint density at radius 1 is 0.554 bits per heavy atom. The fraction of sp³-hybridized carbons (Fsp3) is 0.196. The monoisotopic (exact) mass is 732 g/mol. The molecule has 0 fully saturated rings. The Kier molecular flexibility index (Phi) is 8.69. The molecule has 0 N–H and O–H groups in total. The molecule has 0 spiro atoms. The predicted octanol–water partition coefficient (Wildman–Crippen LogP) is 13.3. The maximum absolute atomic E-state index is 6.92. The van der Waals surface area contributed by atoms with Crippen LogP contribution in [-0.2, 0) is 17.4 Å². The largest absolute Gasteiger partial charge is 0.457 e. The van der Waals surface area contributed by atoms with Crippen molar-refractivity contribution >= 4 is 38.9 Å². The molecule has 0 radical (unpaired) electrons. The second kappa shape index (κ2) is 13.8. The fourth-order valence-electron chi connectivity index (χ4n) is 7.94. The van der Waals surface area contributed by atoms with Gasteiger partial charge in [-0.15, -0.1) is 0 Å². The van der Waals surface area contributed by atoms with Crippen molar-refractivity contribution in [3.63, 3.8) is 0 Å². The Balaban J connectivity index is 1.15. The summed E-state index contributed by atoms with van der Waals surface area (Å²) >= 11 is 0. The van der Waals surface area contributed by atoms with Gasteiger partial charge in [0.2, 0.25) is 0 Å². The fourth-order valence-corrected chi connectivity index (χ4v) is 7.94. The van der Waals surface area contributed by atoms with Crippen molar-refractivity contribution in [1.29, 1.82) is 0 Å². The third kappa shape index (κ3) is 6.68. The topological polar surface area (TPSA) is 33.5 Å². The van der Waals surface area contributed by atoms with Crippen molar-refractivity contribution in [3.8, 4) is 28.4 Å². The maximum atomic E-state index is 6.92. The molecule has 8 aromatic rings. The van der Waals surface area contributed by atoms with Crippen LogP contribution in [0, 0.1) is 0 Å². The summed E-state index contributed by atoms with van der Waals surface area (Å²) in [5, 5.41) is 2.34. The van der Waals surface area contributed by atoms with Crippen LogP contribution in [-0.4, -0.2) is 16.2 Å². The molecule has 5 heteroatoms. The molecule has 0 aliphatic carbocycles. The van der Waals surface area contributed by atoms with Crippen LogP contribution in [0.4, 0.5) is 17.1 Å². The lowest BCUT2D eigenvalue weighted by molar-refractivity contribution is 0.479. The van der Waals surface area contributed by atoms with E-state index in [9.17, 15) is 0 Å². The molecular formula is C51H48N4O. The SMILES string of the molecule is CC(C)(C)c1cc(Oc2ccc3c4cc(-c5ccccc5)ccc4n(-c4cc(C(C)(C)C)ccn4)c3c2)cc(N2CN(Cc3ccccc3)c3ccccc32)c1. The Labute approximate surface area is 330 Å². The molecular weight excluding hydrogens is 685 g/mol. The van der Waals surface area contributed by atoms with Gasteiger partial charge in [-0.3, -0.25) is 4.57 Å². The first-order chi connectivity index (χ1) is 27.0. The van der Waals surface area contributed by atoms with Crippen molar-refractivity contribution in [3.05, 3.63) is 175 Å². The Morgan fingerprint density at radius 3 is 2.02 bits per heavy atom. The molecule has 0 unspecified atom stereocenters. The maximum Gasteiger partial charge on any atom is 0.137 e. The quantitative estimate of drug-likeness (QED) is 0.163. The number of hydrogen-bond donors (Lipinski definition) is 0. The van der Waals surface area contributed by atoms with Crippen LogP contribution in [0.25, 0.3) is 38.8 Å². The average Bonchev–Trinajstić information content (AvgIpc) is 3.73. The number of rotatable bonds is 7. The van der Waals surface area contributed by atoms with E-state index in [1.54, 1.807) is 0 Å². The number of benzene rings is 6. The molecule has 9 rings (SSSR count). The smallest absolute Gasteiger partial charge is 0.137 e. The highest BCUT2D eigenvalue weighted by Crippen LogP contribution is 2.44. The predicted molar refractivity (Wildman–Crippen MR) is 234 cm³/mol. The highest BCUT2D eigenvalue weighted by atomic mass is 16.5. The first-order valence-corrected chi connectivity index (χ1v) is 19.6. The zero-order chi connectivity index (χ0) is 38.6. The molecule has 0 amide bonds. The molecule has 1 aliphatic rings. The Hall–Kier alpha value is -6.33. The van der Waals surface area contributed by atoms with E-state index < -0.39 is 0 Å². The van der Waals surface area contributed by atoms with Crippen LogP contribution in [0.3, 0.4) is 0 Å². The molecule has 0 atom stereocenters. The van der Waals surface area contributed by atoms with Gasteiger partial charge < -0.3 is 14.5 Å². The van der Waals surface area contributed by atoms with Gasteiger partial charge in [0.25, 0.3) is 0 Å². The summed E-state index contributed by atoms with van der Waals surface area (Å²) in [6.07, 6.45) is 1.93. The number of aromatic nitrogens is 2. The van der Waals surface area contributed by atoms with Gasteiger partial charge in [0.1, 0.15) is 17.3 Å². The summed E-state index contributed by atoms with van der Waals surface area (Å²) in [6.45, 7) is 15.1. The summed E-state index contributed by atoms with van der Waals surface area (Å²) in [5.74, 6) is 2.49. The van der Waals surface area contributed by atoms with Gasteiger partial charge in [-0.05, 0) is 99.3 Å². The van der Waals surface area contributed by atoms with Crippen molar-refractivity contribution in [2.45, 2.75) is 58.9 Å². The standard InChI is InChI=1S/C51H48N4O/c1-50(2,3)38-25-26-52-49(30-38)55-45-24-21-37(36-17-11-8-12-18-36)27-44(45)43-23-22-41(32-48(43)55)56-42-29-39(51(4,5)6)28-40(31-42)54-34-53(33-35-15-9-7-10-16-35)46-19-13-14-20-47(46)54/h7-32H,33-34H2,1-6H3. The molecule has 3 heterocycles. The van der Waals surface area contributed by atoms with E-state index in [1.165, 1.54) is 44.6 Å². The number of fused-ring (bicyclic) bond motifs is 4. The summed E-state index contributed by atoms with van der Waals surface area (Å²) in [5.41, 5.74) is 11.7. The van der Waals surface area contributed by atoms with Crippen molar-refractivity contribution in [2.75, 3.05) is 16.5 Å². The van der Waals surface area contributed by atoms with Gasteiger partial charge >= 0.3 is 0 Å². The van der Waals surface area contributed by atoms with Gasteiger partial charge in [0.05, 0.1) is 29.1 Å².